The molecule has 0 radical (unpaired) electrons. The molecule has 4 N–H and O–H groups in total. The SMILES string of the molecule is Nc1ccc(NCCS(=O)(=O)O)c([N+](=O)[O-])c1. The Kier molecular flexibility index (Phi) is 3.86. The van der Waals surface area contributed by atoms with E-state index in [1.165, 1.54) is 12.1 Å². The molecule has 0 fully saturated rings. The molecule has 0 saturated carbocycles. The normalized spacial score (nSPS) is 11.1. The van der Waals surface area contributed by atoms with Crippen LogP contribution in [-0.4, -0.2) is 30.2 Å². The first-order valence-electron chi connectivity index (χ1n) is 4.52. The molecular weight excluding hydrogens is 250 g/mol. The van der Waals surface area contributed by atoms with Crippen molar-refractivity contribution in [3.8, 4) is 0 Å². The second-order valence-corrected chi connectivity index (χ2v) is 4.82. The molecule has 0 aliphatic rings. The number of nitrogens with zero attached hydrogens (tertiary/aromatic N) is 1. The molecule has 1 rings (SSSR count). The van der Waals surface area contributed by atoms with E-state index in [9.17, 15) is 18.5 Å². The van der Waals surface area contributed by atoms with Crippen molar-refractivity contribution in [2.24, 2.45) is 0 Å². The highest BCUT2D eigenvalue weighted by Crippen LogP contribution is 2.26. The number of hydrogen-bond donors (Lipinski definition) is 3. The van der Waals surface area contributed by atoms with Gasteiger partial charge in [-0.1, -0.05) is 0 Å². The Balaban J connectivity index is 2.81. The van der Waals surface area contributed by atoms with Crippen LogP contribution in [0, 0.1) is 10.1 Å². The van der Waals surface area contributed by atoms with Gasteiger partial charge >= 0.3 is 0 Å². The van der Waals surface area contributed by atoms with Gasteiger partial charge in [0.1, 0.15) is 5.69 Å². The van der Waals surface area contributed by atoms with Gasteiger partial charge in [0.15, 0.2) is 0 Å². The summed E-state index contributed by atoms with van der Waals surface area (Å²) in [6.07, 6.45) is 0. The van der Waals surface area contributed by atoms with Crippen LogP contribution in [0.3, 0.4) is 0 Å². The van der Waals surface area contributed by atoms with Crippen LogP contribution in [0.15, 0.2) is 18.2 Å². The van der Waals surface area contributed by atoms with Crippen LogP contribution in [0.2, 0.25) is 0 Å². The van der Waals surface area contributed by atoms with Gasteiger partial charge in [0, 0.05) is 18.3 Å². The summed E-state index contributed by atoms with van der Waals surface area (Å²) >= 11 is 0. The number of anilines is 2. The van der Waals surface area contributed by atoms with Crippen LogP contribution < -0.4 is 11.1 Å². The third-order valence-corrected chi connectivity index (χ3v) is 2.61. The van der Waals surface area contributed by atoms with Crippen LogP contribution >= 0.6 is 0 Å². The third-order valence-electron chi connectivity index (χ3n) is 1.89. The van der Waals surface area contributed by atoms with Gasteiger partial charge in [0.2, 0.25) is 0 Å². The zero-order chi connectivity index (χ0) is 13.1. The fourth-order valence-electron chi connectivity index (χ4n) is 1.16. The van der Waals surface area contributed by atoms with Crippen LogP contribution in [0.5, 0.6) is 0 Å². The summed E-state index contributed by atoms with van der Waals surface area (Å²) < 4.78 is 29.4. The number of nitrogens with one attached hydrogen (secondary N) is 1. The van der Waals surface area contributed by atoms with Gasteiger partial charge in [-0.05, 0) is 12.1 Å². The molecule has 0 bridgehead atoms. The number of nitro benzene ring substituents is 1. The number of nitrogens with two attached hydrogens (primary N) is 1. The van der Waals surface area contributed by atoms with E-state index in [4.69, 9.17) is 10.3 Å². The van der Waals surface area contributed by atoms with Crippen molar-refractivity contribution < 1.29 is 17.9 Å². The highest BCUT2D eigenvalue weighted by Gasteiger charge is 2.14. The molecule has 1 aromatic rings. The minimum Gasteiger partial charge on any atom is -0.399 e. The van der Waals surface area contributed by atoms with E-state index in [0.717, 1.165) is 6.07 Å². The molecule has 0 unspecified atom stereocenters. The van der Waals surface area contributed by atoms with Crippen molar-refractivity contribution in [2.45, 2.75) is 0 Å². The Morgan fingerprint density at radius 2 is 2.12 bits per heavy atom. The Hall–Kier alpha value is -1.87. The van der Waals surface area contributed by atoms with Gasteiger partial charge in [0.25, 0.3) is 15.8 Å². The number of nitrogen functional groups attached to an aromatic ring is 1. The Labute approximate surface area is 97.3 Å². The van der Waals surface area contributed by atoms with Crippen molar-refractivity contribution in [3.05, 3.63) is 28.3 Å². The molecule has 9 heteroatoms. The fourth-order valence-corrected chi connectivity index (χ4v) is 1.52. The van der Waals surface area contributed by atoms with Gasteiger partial charge in [-0.25, -0.2) is 0 Å². The van der Waals surface area contributed by atoms with Gasteiger partial charge in [-0.3, -0.25) is 14.7 Å². The molecule has 94 valence electrons. The molecule has 0 aliphatic heterocycles. The van der Waals surface area contributed by atoms with Gasteiger partial charge in [-0.15, -0.1) is 0 Å². The minimum atomic E-state index is -4.09. The first kappa shape index (κ1) is 13.2. The smallest absolute Gasteiger partial charge is 0.294 e. The van der Waals surface area contributed by atoms with Gasteiger partial charge < -0.3 is 11.1 Å². The lowest BCUT2D eigenvalue weighted by Crippen LogP contribution is -2.15. The molecule has 17 heavy (non-hydrogen) atoms. The Bertz CT molecular complexity index is 528. The monoisotopic (exact) mass is 261 g/mol. The average molecular weight is 261 g/mol. The van der Waals surface area contributed by atoms with Crippen LogP contribution in [0.1, 0.15) is 0 Å². The van der Waals surface area contributed by atoms with Gasteiger partial charge in [-0.2, -0.15) is 8.42 Å². The molecule has 0 aliphatic carbocycles. The summed E-state index contributed by atoms with van der Waals surface area (Å²) in [7, 11) is -4.09. The first-order valence-corrected chi connectivity index (χ1v) is 6.13. The van der Waals surface area contributed by atoms with Crippen LogP contribution in [-0.2, 0) is 10.1 Å². The second kappa shape index (κ2) is 4.97. The van der Waals surface area contributed by atoms with Crippen molar-refractivity contribution >= 4 is 27.2 Å². The molecule has 0 atom stereocenters. The first-order chi connectivity index (χ1) is 7.79. The van der Waals surface area contributed by atoms with E-state index in [-0.39, 0.29) is 23.6 Å². The maximum Gasteiger partial charge on any atom is 0.294 e. The lowest BCUT2D eigenvalue weighted by atomic mass is 10.2. The van der Waals surface area contributed by atoms with Gasteiger partial charge in [0.05, 0.1) is 10.7 Å². The van der Waals surface area contributed by atoms with Crippen LogP contribution in [0.4, 0.5) is 17.1 Å². The molecule has 8 nitrogen and oxygen atoms in total. The highest BCUT2D eigenvalue weighted by atomic mass is 32.2. The number of nitro groups is 1. The van der Waals surface area contributed by atoms with E-state index >= 15 is 0 Å². The number of hydrogen-bond acceptors (Lipinski definition) is 6. The Morgan fingerprint density at radius 3 is 2.65 bits per heavy atom. The molecule has 1 aromatic carbocycles. The summed E-state index contributed by atoms with van der Waals surface area (Å²) in [6.45, 7) is -0.135. The Morgan fingerprint density at radius 1 is 1.47 bits per heavy atom. The van der Waals surface area contributed by atoms with Crippen molar-refractivity contribution in [1.29, 1.82) is 0 Å². The van der Waals surface area contributed by atoms with E-state index in [1.54, 1.807) is 0 Å². The largest absolute Gasteiger partial charge is 0.399 e. The second-order valence-electron chi connectivity index (χ2n) is 3.25. The summed E-state index contributed by atoms with van der Waals surface area (Å²) in [6, 6.07) is 3.98. The van der Waals surface area contributed by atoms with E-state index in [1.807, 2.05) is 0 Å². The number of benzene rings is 1. The molecule has 0 heterocycles. The molecular formula is C8H11N3O5S. The standard InChI is InChI=1S/C8H11N3O5S/c9-6-1-2-7(8(5-6)11(12)13)10-3-4-17(14,15)16/h1-2,5,10H,3-4,9H2,(H,14,15,16). The molecule has 0 amide bonds. The molecule has 0 spiro atoms. The lowest BCUT2D eigenvalue weighted by Gasteiger charge is -2.06. The van der Waals surface area contributed by atoms with Crippen molar-refractivity contribution in [1.82, 2.24) is 0 Å². The van der Waals surface area contributed by atoms with E-state index in [0.29, 0.717) is 0 Å². The topological polar surface area (TPSA) is 136 Å². The van der Waals surface area contributed by atoms with E-state index in [2.05, 4.69) is 5.32 Å². The summed E-state index contributed by atoms with van der Waals surface area (Å²) in [5, 5.41) is 13.2. The summed E-state index contributed by atoms with van der Waals surface area (Å²) in [4.78, 5) is 10.0. The minimum absolute atomic E-state index is 0.135. The maximum absolute atomic E-state index is 10.7. The zero-order valence-electron chi connectivity index (χ0n) is 8.66. The summed E-state index contributed by atoms with van der Waals surface area (Å²) in [5.41, 5.74) is 5.52. The third kappa shape index (κ3) is 4.25. The van der Waals surface area contributed by atoms with Crippen molar-refractivity contribution in [2.75, 3.05) is 23.3 Å². The lowest BCUT2D eigenvalue weighted by molar-refractivity contribution is -0.383. The maximum atomic E-state index is 10.7. The average Bonchev–Trinajstić information content (AvgIpc) is 2.18. The summed E-state index contributed by atoms with van der Waals surface area (Å²) in [5.74, 6) is -0.533. The highest BCUT2D eigenvalue weighted by molar-refractivity contribution is 7.85. The predicted molar refractivity (Wildman–Crippen MR) is 62.4 cm³/mol. The molecule has 0 aromatic heterocycles. The number of rotatable bonds is 5. The zero-order valence-corrected chi connectivity index (χ0v) is 9.48. The molecule has 0 saturated heterocycles. The quantitative estimate of drug-likeness (QED) is 0.303. The fraction of sp³-hybridized carbons (Fsp3) is 0.250. The predicted octanol–water partition coefficient (Wildman–Crippen LogP) is 0.477. The van der Waals surface area contributed by atoms with Crippen molar-refractivity contribution in [3.63, 3.8) is 0 Å². The van der Waals surface area contributed by atoms with E-state index < -0.39 is 20.8 Å². The van der Waals surface area contributed by atoms with Crippen LogP contribution in [0.25, 0.3) is 0 Å².